The number of phenolic OH excluding ortho intramolecular Hbond substituents is 1. The minimum atomic E-state index is -1.14. The van der Waals surface area contributed by atoms with Gasteiger partial charge in [-0.3, -0.25) is 14.9 Å². The molecule has 1 amide bonds. The molecule has 0 fully saturated rings. The van der Waals surface area contributed by atoms with Crippen LogP contribution in [0.5, 0.6) is 11.5 Å². The lowest BCUT2D eigenvalue weighted by Gasteiger charge is -2.12. The van der Waals surface area contributed by atoms with Gasteiger partial charge in [-0.15, -0.1) is 0 Å². The summed E-state index contributed by atoms with van der Waals surface area (Å²) in [7, 11) is 1.25. The Morgan fingerprint density at radius 3 is 2.66 bits per heavy atom. The molecule has 1 aliphatic heterocycles. The number of nitrogens with zero attached hydrogens (tertiary/aromatic N) is 3. The van der Waals surface area contributed by atoms with Crippen LogP contribution in [0.15, 0.2) is 47.1 Å². The molecule has 2 aromatic rings. The molecule has 1 aliphatic rings. The fourth-order valence-electron chi connectivity index (χ4n) is 2.79. The molecule has 2 N–H and O–H groups in total. The van der Waals surface area contributed by atoms with Crippen molar-refractivity contribution in [1.82, 2.24) is 0 Å². The molecule has 0 aliphatic carbocycles. The Morgan fingerprint density at radius 1 is 1.31 bits per heavy atom. The number of phenols is 1. The Kier molecular flexibility index (Phi) is 5.01. The topological polar surface area (TPSA) is 143 Å². The van der Waals surface area contributed by atoms with E-state index < -0.39 is 28.2 Å². The first kappa shape index (κ1) is 19.5. The van der Waals surface area contributed by atoms with Crippen molar-refractivity contribution in [3.8, 4) is 11.5 Å². The van der Waals surface area contributed by atoms with E-state index in [1.54, 1.807) is 13.0 Å². The van der Waals surface area contributed by atoms with Gasteiger partial charge in [-0.1, -0.05) is 6.07 Å². The third-order valence-electron chi connectivity index (χ3n) is 4.21. The van der Waals surface area contributed by atoms with E-state index >= 15 is 0 Å². The number of aromatic carboxylic acids is 1. The second-order valence-electron chi connectivity index (χ2n) is 6.06. The number of methoxy groups -OCH3 is 1. The molecule has 2 aromatic carbocycles. The number of ether oxygens (including phenoxy) is 1. The molecule has 0 saturated carbocycles. The van der Waals surface area contributed by atoms with Gasteiger partial charge in [0.15, 0.2) is 5.75 Å². The molecule has 0 bridgehead atoms. The molecule has 29 heavy (non-hydrogen) atoms. The first-order valence-corrected chi connectivity index (χ1v) is 8.23. The third kappa shape index (κ3) is 3.63. The lowest BCUT2D eigenvalue weighted by Crippen LogP contribution is -2.21. The minimum absolute atomic E-state index is 0.000483. The molecule has 0 radical (unpaired) electrons. The van der Waals surface area contributed by atoms with Gasteiger partial charge in [0.25, 0.3) is 5.91 Å². The Labute approximate surface area is 164 Å². The number of hydrazone groups is 1. The van der Waals surface area contributed by atoms with Crippen LogP contribution in [0.3, 0.4) is 0 Å². The van der Waals surface area contributed by atoms with Crippen LogP contribution in [0.25, 0.3) is 6.08 Å². The van der Waals surface area contributed by atoms with E-state index in [1.807, 2.05) is 0 Å². The van der Waals surface area contributed by atoms with Gasteiger partial charge in [-0.2, -0.15) is 10.1 Å². The van der Waals surface area contributed by atoms with Gasteiger partial charge >= 0.3 is 11.7 Å². The van der Waals surface area contributed by atoms with Gasteiger partial charge in [-0.05, 0) is 42.8 Å². The fraction of sp³-hybridized carbons (Fsp3) is 0.105. The summed E-state index contributed by atoms with van der Waals surface area (Å²) >= 11 is 0. The van der Waals surface area contributed by atoms with Gasteiger partial charge in [0.2, 0.25) is 5.75 Å². The van der Waals surface area contributed by atoms with Gasteiger partial charge < -0.3 is 14.9 Å². The Morgan fingerprint density at radius 2 is 2.03 bits per heavy atom. The zero-order valence-electron chi connectivity index (χ0n) is 15.3. The normalized spacial score (nSPS) is 14.8. The van der Waals surface area contributed by atoms with Gasteiger partial charge in [-0.25, -0.2) is 4.79 Å². The molecule has 148 valence electrons. The quantitative estimate of drug-likeness (QED) is 0.449. The minimum Gasteiger partial charge on any atom is -0.500 e. The van der Waals surface area contributed by atoms with Crippen LogP contribution < -0.4 is 9.75 Å². The van der Waals surface area contributed by atoms with Crippen LogP contribution in [0.4, 0.5) is 11.4 Å². The number of amides is 1. The maximum atomic E-state index is 12.8. The summed E-state index contributed by atoms with van der Waals surface area (Å²) in [6.07, 6.45) is 1.39. The standard InChI is InChI=1S/C19H15N3O7/c1-10-14(6-11-7-15(22(27)28)17(23)16(8-11)29-2)18(24)21(20-10)13-5-3-4-12(9-13)19(25)26/h3-9,23H,1-2H3,(H,25,26). The number of anilines is 1. The second-order valence-corrected chi connectivity index (χ2v) is 6.06. The lowest BCUT2D eigenvalue weighted by molar-refractivity contribution is -0.386. The van der Waals surface area contributed by atoms with Crippen LogP contribution in [0, 0.1) is 10.1 Å². The molecule has 0 unspecified atom stereocenters. The molecule has 0 spiro atoms. The van der Waals surface area contributed by atoms with Crippen molar-refractivity contribution in [2.45, 2.75) is 6.92 Å². The Bertz CT molecular complexity index is 1100. The number of carbonyl (C=O) groups is 2. The van der Waals surface area contributed by atoms with E-state index in [0.29, 0.717) is 5.71 Å². The molecule has 10 nitrogen and oxygen atoms in total. The summed E-state index contributed by atoms with van der Waals surface area (Å²) < 4.78 is 4.96. The number of benzene rings is 2. The molecule has 3 rings (SSSR count). The smallest absolute Gasteiger partial charge is 0.335 e. The number of nitro benzene ring substituents is 1. The second kappa shape index (κ2) is 7.43. The van der Waals surface area contributed by atoms with E-state index in [9.17, 15) is 24.8 Å². The van der Waals surface area contributed by atoms with Crippen LogP contribution in [-0.2, 0) is 4.79 Å². The SMILES string of the molecule is COc1cc(C=C2C(=O)N(c3cccc(C(=O)O)c3)N=C2C)cc([N+](=O)[O-])c1O. The molecule has 10 heteroatoms. The average Bonchev–Trinajstić information content (AvgIpc) is 2.97. The van der Waals surface area contributed by atoms with E-state index in [4.69, 9.17) is 9.84 Å². The highest BCUT2D eigenvalue weighted by molar-refractivity contribution is 6.32. The summed E-state index contributed by atoms with van der Waals surface area (Å²) in [4.78, 5) is 34.4. The lowest BCUT2D eigenvalue weighted by atomic mass is 10.1. The van der Waals surface area contributed by atoms with Crippen molar-refractivity contribution < 1.29 is 29.5 Å². The van der Waals surface area contributed by atoms with Crippen molar-refractivity contribution in [3.63, 3.8) is 0 Å². The van der Waals surface area contributed by atoms with Gasteiger partial charge in [0.05, 0.1) is 34.6 Å². The van der Waals surface area contributed by atoms with Gasteiger partial charge in [0, 0.05) is 6.07 Å². The number of hydrogen-bond donors (Lipinski definition) is 2. The fourth-order valence-corrected chi connectivity index (χ4v) is 2.79. The van der Waals surface area contributed by atoms with Crippen LogP contribution in [-0.4, -0.2) is 39.8 Å². The van der Waals surface area contributed by atoms with Crippen molar-refractivity contribution in [2.24, 2.45) is 5.10 Å². The summed E-state index contributed by atoms with van der Waals surface area (Å²) in [5.74, 6) is -2.40. The summed E-state index contributed by atoms with van der Waals surface area (Å²) in [6.45, 7) is 1.58. The first-order chi connectivity index (χ1) is 13.7. The molecule has 1 heterocycles. The monoisotopic (exact) mass is 397 g/mol. The van der Waals surface area contributed by atoms with E-state index in [-0.39, 0.29) is 28.1 Å². The third-order valence-corrected chi connectivity index (χ3v) is 4.21. The molecular formula is C19H15N3O7. The molecule has 0 saturated heterocycles. The number of carboxylic acids is 1. The zero-order valence-corrected chi connectivity index (χ0v) is 15.3. The van der Waals surface area contributed by atoms with E-state index in [0.717, 1.165) is 11.1 Å². The molecule has 0 atom stereocenters. The maximum Gasteiger partial charge on any atom is 0.335 e. The number of hydrogen-bond acceptors (Lipinski definition) is 7. The van der Waals surface area contributed by atoms with Crippen molar-refractivity contribution in [1.29, 1.82) is 0 Å². The molecule has 0 aromatic heterocycles. The van der Waals surface area contributed by atoms with Crippen molar-refractivity contribution in [3.05, 3.63) is 63.2 Å². The van der Waals surface area contributed by atoms with Crippen molar-refractivity contribution in [2.75, 3.05) is 12.1 Å². The van der Waals surface area contributed by atoms with E-state index in [2.05, 4.69) is 5.10 Å². The average molecular weight is 397 g/mol. The summed E-state index contributed by atoms with van der Waals surface area (Å²) in [6, 6.07) is 8.20. The number of rotatable bonds is 5. The first-order valence-electron chi connectivity index (χ1n) is 8.23. The Hall–Kier alpha value is -4.21. The predicted molar refractivity (Wildman–Crippen MR) is 103 cm³/mol. The number of aromatic hydroxyl groups is 1. The predicted octanol–water partition coefficient (Wildman–Crippen LogP) is 2.81. The molecular weight excluding hydrogens is 382 g/mol. The van der Waals surface area contributed by atoms with Crippen LogP contribution in [0.1, 0.15) is 22.8 Å². The largest absolute Gasteiger partial charge is 0.500 e. The number of carboxylic acid groups (broad SMARTS) is 1. The maximum absolute atomic E-state index is 12.8. The highest BCUT2D eigenvalue weighted by Gasteiger charge is 2.29. The van der Waals surface area contributed by atoms with Crippen LogP contribution >= 0.6 is 0 Å². The summed E-state index contributed by atoms with van der Waals surface area (Å²) in [5.41, 5.74) is 0.456. The highest BCUT2D eigenvalue weighted by atomic mass is 16.6. The van der Waals surface area contributed by atoms with E-state index in [1.165, 1.54) is 37.5 Å². The van der Waals surface area contributed by atoms with Gasteiger partial charge in [0.1, 0.15) is 0 Å². The number of nitro groups is 1. The zero-order chi connectivity index (χ0) is 21.3. The van der Waals surface area contributed by atoms with Crippen LogP contribution in [0.2, 0.25) is 0 Å². The Balaban J connectivity index is 2.02. The highest BCUT2D eigenvalue weighted by Crippen LogP contribution is 2.38. The van der Waals surface area contributed by atoms with Crippen molar-refractivity contribution >= 4 is 35.0 Å². The number of carbonyl (C=O) groups excluding carboxylic acids is 1. The summed E-state index contributed by atoms with van der Waals surface area (Å²) in [5, 5.41) is 35.4.